The first-order valence-electron chi connectivity index (χ1n) is 10.6. The van der Waals surface area contributed by atoms with Gasteiger partial charge in [0.2, 0.25) is 5.91 Å². The van der Waals surface area contributed by atoms with Crippen LogP contribution in [0.3, 0.4) is 0 Å². The van der Waals surface area contributed by atoms with Crippen molar-refractivity contribution >= 4 is 22.6 Å². The smallest absolute Gasteiger partial charge is 0.242 e. The molecule has 8 heteroatoms. The Hall–Kier alpha value is -3.68. The molecule has 0 unspecified atom stereocenters. The van der Waals surface area contributed by atoms with E-state index in [0.717, 1.165) is 46.6 Å². The van der Waals surface area contributed by atoms with Crippen LogP contribution in [0, 0.1) is 0 Å². The summed E-state index contributed by atoms with van der Waals surface area (Å²) in [6, 6.07) is 11.6. The summed E-state index contributed by atoms with van der Waals surface area (Å²) in [7, 11) is 1.85. The van der Waals surface area contributed by atoms with Crippen molar-refractivity contribution in [3.05, 3.63) is 72.1 Å². The van der Waals surface area contributed by atoms with E-state index in [0.29, 0.717) is 12.3 Å². The average Bonchev–Trinajstić information content (AvgIpc) is 3.38. The second-order valence-corrected chi connectivity index (χ2v) is 7.95. The molecule has 1 aliphatic carbocycles. The number of amides is 1. The van der Waals surface area contributed by atoms with Gasteiger partial charge in [-0.05, 0) is 30.5 Å². The molecule has 1 atom stereocenters. The minimum absolute atomic E-state index is 0.105. The van der Waals surface area contributed by atoms with Crippen molar-refractivity contribution in [3.8, 4) is 0 Å². The van der Waals surface area contributed by atoms with E-state index in [1.807, 2.05) is 37.5 Å². The number of carbonyl (C=O) groups is 1. The number of H-pyrrole nitrogens is 1. The molecule has 1 fully saturated rings. The monoisotopic (exact) mass is 415 g/mol. The minimum Gasteiger partial charge on any atom is -0.373 e. The van der Waals surface area contributed by atoms with Crippen molar-refractivity contribution in [1.82, 2.24) is 30.0 Å². The molecule has 5 rings (SSSR count). The van der Waals surface area contributed by atoms with Crippen LogP contribution in [-0.4, -0.2) is 37.7 Å². The number of aromatic amines is 1. The topological polar surface area (TPSA) is 101 Å². The van der Waals surface area contributed by atoms with Crippen LogP contribution in [0.1, 0.15) is 41.9 Å². The summed E-state index contributed by atoms with van der Waals surface area (Å²) in [5.41, 5.74) is 3.04. The molecular formula is C23H25N7O. The third-order valence-corrected chi connectivity index (χ3v) is 5.62. The molecule has 1 saturated carbocycles. The number of nitrogens with one attached hydrogen (secondary N) is 3. The first kappa shape index (κ1) is 19.3. The Bertz CT molecular complexity index is 1190. The molecule has 0 radical (unpaired) electrons. The first-order valence-corrected chi connectivity index (χ1v) is 10.6. The third-order valence-electron chi connectivity index (χ3n) is 5.62. The van der Waals surface area contributed by atoms with Crippen molar-refractivity contribution in [2.45, 2.75) is 37.8 Å². The summed E-state index contributed by atoms with van der Waals surface area (Å²) in [6.07, 6.45) is 8.32. The molecule has 0 saturated heterocycles. The van der Waals surface area contributed by atoms with Crippen LogP contribution in [0.4, 0.5) is 5.82 Å². The third kappa shape index (κ3) is 4.28. The highest BCUT2D eigenvalue weighted by atomic mass is 16.2. The Kier molecular flexibility index (Phi) is 5.11. The summed E-state index contributed by atoms with van der Waals surface area (Å²) in [4.78, 5) is 25.6. The fraction of sp³-hybridized carbons (Fsp3) is 0.304. The van der Waals surface area contributed by atoms with E-state index in [-0.39, 0.29) is 18.5 Å². The Morgan fingerprint density at radius 1 is 1.26 bits per heavy atom. The highest BCUT2D eigenvalue weighted by Gasteiger charge is 2.29. The standard InChI is InChI=1S/C23H25N7O/c1-24-21-12-20(28-23(29-21)15-7-8-15)19(27-22(31)14-30-10-4-9-26-30)11-16-13-25-18-6-3-2-5-17(16)18/h2-6,9-10,12-13,15,19,25H,7-8,11,14H2,1H3,(H,27,31)(H,24,28,29)/t19-/m1/s1. The Balaban J connectivity index is 1.47. The zero-order chi connectivity index (χ0) is 21.2. The van der Waals surface area contributed by atoms with Gasteiger partial charge in [-0.1, -0.05) is 18.2 Å². The van der Waals surface area contributed by atoms with E-state index >= 15 is 0 Å². The van der Waals surface area contributed by atoms with Crippen molar-refractivity contribution < 1.29 is 4.79 Å². The first-order chi connectivity index (χ1) is 15.2. The predicted molar refractivity (Wildman–Crippen MR) is 119 cm³/mol. The second-order valence-electron chi connectivity index (χ2n) is 7.95. The van der Waals surface area contributed by atoms with Crippen molar-refractivity contribution in [3.63, 3.8) is 0 Å². The summed E-state index contributed by atoms with van der Waals surface area (Å²) in [5, 5.41) is 11.6. The fourth-order valence-electron chi connectivity index (χ4n) is 3.85. The SMILES string of the molecule is CNc1cc([C@@H](Cc2c[nH]c3ccccc23)NC(=O)Cn2cccn2)nc(C2CC2)n1. The Morgan fingerprint density at radius 3 is 2.90 bits per heavy atom. The summed E-state index contributed by atoms with van der Waals surface area (Å²) >= 11 is 0. The molecule has 1 aliphatic rings. The van der Waals surface area contributed by atoms with Crippen LogP contribution in [0.2, 0.25) is 0 Å². The van der Waals surface area contributed by atoms with Crippen LogP contribution in [0.5, 0.6) is 0 Å². The molecule has 0 spiro atoms. The van der Waals surface area contributed by atoms with E-state index in [9.17, 15) is 4.79 Å². The van der Waals surface area contributed by atoms with Crippen LogP contribution in [0.25, 0.3) is 10.9 Å². The Morgan fingerprint density at radius 2 is 2.13 bits per heavy atom. The van der Waals surface area contributed by atoms with Crippen LogP contribution in [-0.2, 0) is 17.8 Å². The molecule has 1 aromatic carbocycles. The largest absolute Gasteiger partial charge is 0.373 e. The van der Waals surface area contributed by atoms with E-state index in [2.05, 4.69) is 37.8 Å². The number of fused-ring (bicyclic) bond motifs is 1. The molecule has 0 bridgehead atoms. The number of nitrogens with zero attached hydrogens (tertiary/aromatic N) is 4. The maximum absolute atomic E-state index is 12.8. The Labute approximate surface area is 180 Å². The van der Waals surface area contributed by atoms with E-state index in [1.54, 1.807) is 17.1 Å². The van der Waals surface area contributed by atoms with Gasteiger partial charge in [0.05, 0.1) is 11.7 Å². The van der Waals surface area contributed by atoms with Gasteiger partial charge in [-0.25, -0.2) is 9.97 Å². The molecule has 3 N–H and O–H groups in total. The maximum Gasteiger partial charge on any atom is 0.242 e. The normalized spacial score (nSPS) is 14.5. The van der Waals surface area contributed by atoms with Crippen LogP contribution < -0.4 is 10.6 Å². The van der Waals surface area contributed by atoms with Crippen molar-refractivity contribution in [2.75, 3.05) is 12.4 Å². The maximum atomic E-state index is 12.8. The quantitative estimate of drug-likeness (QED) is 0.410. The fourth-order valence-corrected chi connectivity index (χ4v) is 3.85. The number of hydrogen-bond acceptors (Lipinski definition) is 5. The lowest BCUT2D eigenvalue weighted by molar-refractivity contribution is -0.122. The van der Waals surface area contributed by atoms with Crippen molar-refractivity contribution in [1.29, 1.82) is 0 Å². The second kappa shape index (κ2) is 8.22. The summed E-state index contributed by atoms with van der Waals surface area (Å²) in [5.74, 6) is 1.94. The number of para-hydroxylation sites is 1. The van der Waals surface area contributed by atoms with Gasteiger partial charge in [0, 0.05) is 54.9 Å². The van der Waals surface area contributed by atoms with E-state index < -0.39 is 0 Å². The van der Waals surface area contributed by atoms with Gasteiger partial charge in [-0.2, -0.15) is 5.10 Å². The molecule has 3 aromatic heterocycles. The van der Waals surface area contributed by atoms with Crippen molar-refractivity contribution in [2.24, 2.45) is 0 Å². The van der Waals surface area contributed by atoms with Gasteiger partial charge in [0.15, 0.2) is 0 Å². The lowest BCUT2D eigenvalue weighted by Crippen LogP contribution is -2.33. The zero-order valence-corrected chi connectivity index (χ0v) is 17.4. The molecule has 3 heterocycles. The predicted octanol–water partition coefficient (Wildman–Crippen LogP) is 3.17. The zero-order valence-electron chi connectivity index (χ0n) is 17.4. The van der Waals surface area contributed by atoms with Crippen LogP contribution >= 0.6 is 0 Å². The number of carbonyl (C=O) groups excluding carboxylic acids is 1. The van der Waals surface area contributed by atoms with Gasteiger partial charge in [0.25, 0.3) is 0 Å². The summed E-state index contributed by atoms with van der Waals surface area (Å²) in [6.45, 7) is 0.164. The number of rotatable bonds is 8. The summed E-state index contributed by atoms with van der Waals surface area (Å²) < 4.78 is 1.62. The molecule has 0 aliphatic heterocycles. The molecule has 1 amide bonds. The number of hydrogen-bond donors (Lipinski definition) is 3. The van der Waals surface area contributed by atoms with Gasteiger partial charge in [-0.15, -0.1) is 0 Å². The highest BCUT2D eigenvalue weighted by molar-refractivity contribution is 5.83. The number of benzene rings is 1. The average molecular weight is 416 g/mol. The molecule has 8 nitrogen and oxygen atoms in total. The number of anilines is 1. The number of aromatic nitrogens is 5. The molecule has 4 aromatic rings. The highest BCUT2D eigenvalue weighted by Crippen LogP contribution is 2.39. The molecule has 31 heavy (non-hydrogen) atoms. The minimum atomic E-state index is -0.283. The van der Waals surface area contributed by atoms with E-state index in [1.165, 1.54) is 0 Å². The molecular weight excluding hydrogens is 390 g/mol. The van der Waals surface area contributed by atoms with Gasteiger partial charge < -0.3 is 15.6 Å². The van der Waals surface area contributed by atoms with E-state index in [4.69, 9.17) is 4.98 Å². The van der Waals surface area contributed by atoms with Gasteiger partial charge >= 0.3 is 0 Å². The lowest BCUT2D eigenvalue weighted by Gasteiger charge is -2.20. The van der Waals surface area contributed by atoms with Gasteiger partial charge in [-0.3, -0.25) is 9.48 Å². The van der Waals surface area contributed by atoms with Gasteiger partial charge in [0.1, 0.15) is 18.2 Å². The molecule has 158 valence electrons. The van der Waals surface area contributed by atoms with Crippen LogP contribution in [0.15, 0.2) is 55.0 Å². The lowest BCUT2D eigenvalue weighted by atomic mass is 10.0.